The van der Waals surface area contributed by atoms with Crippen LogP contribution in [0.5, 0.6) is 5.75 Å². The van der Waals surface area contributed by atoms with E-state index in [1.807, 2.05) is 0 Å². The van der Waals surface area contributed by atoms with Gasteiger partial charge in [-0.15, -0.1) is 0 Å². The molecule has 0 saturated carbocycles. The van der Waals surface area contributed by atoms with Gasteiger partial charge in [0.2, 0.25) is 5.91 Å². The fourth-order valence-electron chi connectivity index (χ4n) is 3.26. The molecule has 1 rings (SSSR count). The molecule has 0 aliphatic rings. The second-order valence-corrected chi connectivity index (χ2v) is 8.80. The maximum Gasteiger partial charge on any atom is 0.220 e. The molecule has 0 fully saturated rings. The van der Waals surface area contributed by atoms with Gasteiger partial charge in [-0.1, -0.05) is 72.9 Å². The van der Waals surface area contributed by atoms with Gasteiger partial charge < -0.3 is 10.4 Å². The minimum atomic E-state index is -0.138. The quantitative estimate of drug-likeness (QED) is 0.633. The molecule has 2 N–H and O–H groups in total. The van der Waals surface area contributed by atoms with Crippen molar-refractivity contribution in [3.05, 3.63) is 28.8 Å². The van der Waals surface area contributed by atoms with Gasteiger partial charge in [-0.05, 0) is 34.8 Å². The third-order valence-electron chi connectivity index (χ3n) is 5.03. The van der Waals surface area contributed by atoms with Crippen LogP contribution in [0.2, 0.25) is 0 Å². The predicted molar refractivity (Wildman–Crippen MR) is 106 cm³/mol. The second-order valence-electron chi connectivity index (χ2n) is 8.80. The van der Waals surface area contributed by atoms with Crippen LogP contribution in [-0.4, -0.2) is 18.1 Å². The van der Waals surface area contributed by atoms with Gasteiger partial charge in [0.05, 0.1) is 0 Å². The molecule has 0 bridgehead atoms. The maximum absolute atomic E-state index is 11.6. The van der Waals surface area contributed by atoms with E-state index in [0.717, 1.165) is 29.5 Å². The number of carbonyl (C=O) groups excluding carboxylic acids is 1. The lowest BCUT2D eigenvalue weighted by Gasteiger charge is -2.31. The lowest BCUT2D eigenvalue weighted by molar-refractivity contribution is -0.120. The lowest BCUT2D eigenvalue weighted by atomic mass is 9.75. The number of phenols is 1. The Morgan fingerprint density at radius 3 is 2.20 bits per heavy atom. The van der Waals surface area contributed by atoms with Crippen LogP contribution < -0.4 is 5.32 Å². The van der Waals surface area contributed by atoms with E-state index >= 15 is 0 Å². The van der Waals surface area contributed by atoms with Crippen molar-refractivity contribution >= 4 is 5.91 Å². The highest BCUT2D eigenvalue weighted by molar-refractivity contribution is 5.75. The molecule has 0 unspecified atom stereocenters. The first-order valence-corrected chi connectivity index (χ1v) is 9.60. The number of unbranched alkanes of at least 4 members (excludes halogenated alkanes) is 2. The number of hydrogen-bond acceptors (Lipinski definition) is 2. The SMILES string of the molecule is CCCCCC(C)(C)c1cc(CCC(=O)NC)cc(C(C)(C)C)c1O. The molecule has 0 atom stereocenters. The van der Waals surface area contributed by atoms with Crippen LogP contribution in [0, 0.1) is 0 Å². The zero-order chi connectivity index (χ0) is 19.3. The van der Waals surface area contributed by atoms with Crippen LogP contribution in [0.4, 0.5) is 0 Å². The number of carbonyl (C=O) groups is 1. The zero-order valence-electron chi connectivity index (χ0n) is 17.3. The minimum absolute atomic E-state index is 0.0501. The highest BCUT2D eigenvalue weighted by Gasteiger charge is 2.29. The summed E-state index contributed by atoms with van der Waals surface area (Å²) < 4.78 is 0. The van der Waals surface area contributed by atoms with E-state index in [0.29, 0.717) is 18.6 Å². The van der Waals surface area contributed by atoms with Crippen molar-refractivity contribution < 1.29 is 9.90 Å². The van der Waals surface area contributed by atoms with Gasteiger partial charge in [-0.25, -0.2) is 0 Å². The Balaban J connectivity index is 3.27. The number of phenolic OH excluding ortho intramolecular Hbond substituents is 1. The largest absolute Gasteiger partial charge is 0.507 e. The highest BCUT2D eigenvalue weighted by atomic mass is 16.3. The van der Waals surface area contributed by atoms with E-state index in [4.69, 9.17) is 0 Å². The van der Waals surface area contributed by atoms with E-state index in [1.54, 1.807) is 7.05 Å². The van der Waals surface area contributed by atoms with Crippen LogP contribution in [0.1, 0.15) is 90.3 Å². The second kappa shape index (κ2) is 8.73. The number of aryl methyl sites for hydroxylation is 1. The van der Waals surface area contributed by atoms with Crippen molar-refractivity contribution in [1.82, 2.24) is 5.32 Å². The average Bonchev–Trinajstić information content (AvgIpc) is 2.52. The molecular weight excluding hydrogens is 310 g/mol. The summed E-state index contributed by atoms with van der Waals surface area (Å²) in [4.78, 5) is 11.6. The molecule has 142 valence electrons. The summed E-state index contributed by atoms with van der Waals surface area (Å²) in [5.74, 6) is 0.479. The minimum Gasteiger partial charge on any atom is -0.507 e. The molecule has 1 aromatic carbocycles. The Bertz CT molecular complexity index is 582. The molecular formula is C22H37NO2. The van der Waals surface area contributed by atoms with Crippen molar-refractivity contribution in [2.24, 2.45) is 0 Å². The van der Waals surface area contributed by atoms with Gasteiger partial charge in [0.1, 0.15) is 5.75 Å². The van der Waals surface area contributed by atoms with Gasteiger partial charge in [-0.3, -0.25) is 4.79 Å². The van der Waals surface area contributed by atoms with E-state index in [-0.39, 0.29) is 16.7 Å². The first-order chi connectivity index (χ1) is 11.5. The number of nitrogens with one attached hydrogen (secondary N) is 1. The number of aromatic hydroxyl groups is 1. The molecule has 3 nitrogen and oxygen atoms in total. The summed E-state index contributed by atoms with van der Waals surface area (Å²) >= 11 is 0. The standard InChI is InChI=1S/C22H37NO2/c1-8-9-10-13-22(5,6)18-15-16(11-12-19(24)23-7)14-17(20(18)25)21(2,3)4/h14-15,25H,8-13H2,1-7H3,(H,23,24). The average molecular weight is 348 g/mol. The Hall–Kier alpha value is -1.51. The van der Waals surface area contributed by atoms with E-state index in [2.05, 4.69) is 59.0 Å². The number of benzene rings is 1. The molecule has 0 aromatic heterocycles. The molecule has 0 radical (unpaired) electrons. The molecule has 0 saturated heterocycles. The molecule has 1 amide bonds. The fraction of sp³-hybridized carbons (Fsp3) is 0.682. The first kappa shape index (κ1) is 21.5. The summed E-state index contributed by atoms with van der Waals surface area (Å²) in [6, 6.07) is 4.18. The van der Waals surface area contributed by atoms with E-state index in [1.165, 1.54) is 12.8 Å². The van der Waals surface area contributed by atoms with Crippen LogP contribution in [0.3, 0.4) is 0 Å². The summed E-state index contributed by atoms with van der Waals surface area (Å²) in [6.45, 7) is 13.0. The molecule has 0 aliphatic heterocycles. The van der Waals surface area contributed by atoms with Crippen molar-refractivity contribution in [3.8, 4) is 5.75 Å². The van der Waals surface area contributed by atoms with Gasteiger partial charge >= 0.3 is 0 Å². The predicted octanol–water partition coefficient (Wildman–Crippen LogP) is 5.23. The summed E-state index contributed by atoms with van der Waals surface area (Å²) in [5.41, 5.74) is 2.90. The normalized spacial score (nSPS) is 12.3. The third kappa shape index (κ3) is 6.05. The highest BCUT2D eigenvalue weighted by Crippen LogP contribution is 2.42. The smallest absolute Gasteiger partial charge is 0.220 e. The third-order valence-corrected chi connectivity index (χ3v) is 5.03. The van der Waals surface area contributed by atoms with E-state index in [9.17, 15) is 9.90 Å². The van der Waals surface area contributed by atoms with Crippen molar-refractivity contribution in [2.75, 3.05) is 7.05 Å². The van der Waals surface area contributed by atoms with Crippen LogP contribution in [0.25, 0.3) is 0 Å². The zero-order valence-corrected chi connectivity index (χ0v) is 17.3. The van der Waals surface area contributed by atoms with Crippen LogP contribution >= 0.6 is 0 Å². The van der Waals surface area contributed by atoms with Crippen molar-refractivity contribution in [1.29, 1.82) is 0 Å². The molecule has 1 aromatic rings. The first-order valence-electron chi connectivity index (χ1n) is 9.60. The fourth-order valence-corrected chi connectivity index (χ4v) is 3.26. The van der Waals surface area contributed by atoms with Gasteiger partial charge in [-0.2, -0.15) is 0 Å². The topological polar surface area (TPSA) is 49.3 Å². The van der Waals surface area contributed by atoms with Gasteiger partial charge in [0, 0.05) is 19.0 Å². The van der Waals surface area contributed by atoms with E-state index < -0.39 is 0 Å². The summed E-state index contributed by atoms with van der Waals surface area (Å²) in [7, 11) is 1.67. The lowest BCUT2D eigenvalue weighted by Crippen LogP contribution is -2.21. The van der Waals surface area contributed by atoms with Crippen LogP contribution in [-0.2, 0) is 22.0 Å². The Morgan fingerprint density at radius 1 is 1.08 bits per heavy atom. The monoisotopic (exact) mass is 347 g/mol. The molecule has 0 spiro atoms. The Labute approximate surface area is 154 Å². The molecule has 3 heteroatoms. The van der Waals surface area contributed by atoms with Crippen molar-refractivity contribution in [2.45, 2.75) is 90.9 Å². The molecule has 0 aliphatic carbocycles. The van der Waals surface area contributed by atoms with Gasteiger partial charge in [0.15, 0.2) is 0 Å². The Kier molecular flexibility index (Phi) is 7.52. The molecule has 25 heavy (non-hydrogen) atoms. The van der Waals surface area contributed by atoms with Crippen LogP contribution in [0.15, 0.2) is 12.1 Å². The number of hydrogen-bond donors (Lipinski definition) is 2. The Morgan fingerprint density at radius 2 is 1.68 bits per heavy atom. The summed E-state index contributed by atoms with van der Waals surface area (Å²) in [6.07, 6.45) is 5.79. The maximum atomic E-state index is 11.6. The number of rotatable bonds is 8. The van der Waals surface area contributed by atoms with Gasteiger partial charge in [0.25, 0.3) is 0 Å². The van der Waals surface area contributed by atoms with Crippen molar-refractivity contribution in [3.63, 3.8) is 0 Å². The summed E-state index contributed by atoms with van der Waals surface area (Å²) in [5, 5.41) is 13.7. The number of amides is 1. The molecule has 0 heterocycles.